The number of imide groups is 1. The third-order valence-corrected chi connectivity index (χ3v) is 3.40. The minimum absolute atomic E-state index is 0.00324. The second-order valence-electron chi connectivity index (χ2n) is 4.99. The van der Waals surface area contributed by atoms with Crippen molar-refractivity contribution in [3.05, 3.63) is 0 Å². The average Bonchev–Trinajstić information content (AvgIpc) is 3.15. The van der Waals surface area contributed by atoms with Gasteiger partial charge in [-0.2, -0.15) is 0 Å². The van der Waals surface area contributed by atoms with Crippen LogP contribution in [0.4, 0.5) is 9.18 Å². The third-order valence-electron chi connectivity index (χ3n) is 3.40. The van der Waals surface area contributed by atoms with Crippen molar-refractivity contribution in [2.24, 2.45) is 5.92 Å². The molecule has 6 heteroatoms. The Morgan fingerprint density at radius 3 is 2.61 bits per heavy atom. The molecule has 0 spiro atoms. The van der Waals surface area contributed by atoms with Crippen molar-refractivity contribution in [3.8, 4) is 0 Å². The Balaban J connectivity index is 1.79. The number of urea groups is 1. The monoisotopic (exact) mass is 257 g/mol. The molecule has 3 amide bonds. The molecule has 1 saturated heterocycles. The van der Waals surface area contributed by atoms with Crippen LogP contribution in [0.2, 0.25) is 0 Å². The lowest BCUT2D eigenvalue weighted by atomic mass is 10.3. The largest absolute Gasteiger partial charge is 0.324 e. The minimum Gasteiger partial charge on any atom is -0.319 e. The number of nitrogens with zero attached hydrogens (tertiary/aromatic N) is 2. The van der Waals surface area contributed by atoms with E-state index in [-0.39, 0.29) is 18.4 Å². The summed E-state index contributed by atoms with van der Waals surface area (Å²) in [5, 5.41) is 2.34. The van der Waals surface area contributed by atoms with Gasteiger partial charge in [0.15, 0.2) is 6.30 Å². The molecular weight excluding hydrogens is 237 g/mol. The van der Waals surface area contributed by atoms with Crippen molar-refractivity contribution in [3.63, 3.8) is 0 Å². The second kappa shape index (κ2) is 5.65. The quantitative estimate of drug-likeness (QED) is 0.766. The van der Waals surface area contributed by atoms with Gasteiger partial charge in [-0.1, -0.05) is 6.92 Å². The Morgan fingerprint density at radius 2 is 2.06 bits per heavy atom. The fraction of sp³-hybridized carbons (Fsp3) is 0.833. The van der Waals surface area contributed by atoms with Gasteiger partial charge in [-0.3, -0.25) is 15.0 Å². The number of alkyl halides is 1. The van der Waals surface area contributed by atoms with E-state index in [0.29, 0.717) is 19.6 Å². The second-order valence-corrected chi connectivity index (χ2v) is 4.99. The Labute approximate surface area is 106 Å². The molecule has 5 nitrogen and oxygen atoms in total. The lowest BCUT2D eigenvalue weighted by Gasteiger charge is -2.37. The molecule has 1 heterocycles. The Bertz CT molecular complexity index is 333. The fourth-order valence-electron chi connectivity index (χ4n) is 2.13. The predicted octanol–water partition coefficient (Wildman–Crippen LogP) is 0.956. The SMILES string of the molecule is CCCN1CCN(C(=O)NC(=O)C2CC2)CC1F. The van der Waals surface area contributed by atoms with Crippen LogP contribution in [-0.2, 0) is 4.79 Å². The van der Waals surface area contributed by atoms with Crippen LogP contribution in [0.3, 0.4) is 0 Å². The summed E-state index contributed by atoms with van der Waals surface area (Å²) in [5.74, 6) is -0.220. The number of halogens is 1. The number of hydrogen-bond acceptors (Lipinski definition) is 3. The molecule has 0 aromatic rings. The van der Waals surface area contributed by atoms with Gasteiger partial charge in [0.25, 0.3) is 0 Å². The molecule has 1 saturated carbocycles. The first kappa shape index (κ1) is 13.3. The van der Waals surface area contributed by atoms with E-state index in [1.165, 1.54) is 4.90 Å². The van der Waals surface area contributed by atoms with Crippen LogP contribution < -0.4 is 5.32 Å². The van der Waals surface area contributed by atoms with Gasteiger partial charge in [0, 0.05) is 25.6 Å². The lowest BCUT2D eigenvalue weighted by molar-refractivity contribution is -0.121. The molecule has 0 radical (unpaired) electrons. The van der Waals surface area contributed by atoms with Crippen molar-refractivity contribution in [2.45, 2.75) is 32.5 Å². The molecule has 2 aliphatic rings. The van der Waals surface area contributed by atoms with Crippen LogP contribution in [0.15, 0.2) is 0 Å². The van der Waals surface area contributed by atoms with Gasteiger partial charge >= 0.3 is 6.03 Å². The Kier molecular flexibility index (Phi) is 4.16. The van der Waals surface area contributed by atoms with Crippen LogP contribution in [0.25, 0.3) is 0 Å². The number of carbonyl (C=O) groups is 2. The first-order chi connectivity index (χ1) is 8.61. The number of hydrogen-bond donors (Lipinski definition) is 1. The van der Waals surface area contributed by atoms with Gasteiger partial charge in [0.05, 0.1) is 6.54 Å². The molecule has 1 aliphatic heterocycles. The molecule has 102 valence electrons. The molecule has 0 aromatic carbocycles. The van der Waals surface area contributed by atoms with Crippen LogP contribution in [0, 0.1) is 5.92 Å². The maximum atomic E-state index is 13.8. The molecule has 2 rings (SSSR count). The third kappa shape index (κ3) is 3.19. The van der Waals surface area contributed by atoms with E-state index in [1.54, 1.807) is 4.90 Å². The first-order valence-corrected chi connectivity index (χ1v) is 6.59. The lowest BCUT2D eigenvalue weighted by Crippen LogP contribution is -2.56. The van der Waals surface area contributed by atoms with E-state index in [4.69, 9.17) is 0 Å². The van der Waals surface area contributed by atoms with Gasteiger partial charge in [-0.15, -0.1) is 0 Å². The van der Waals surface area contributed by atoms with E-state index in [0.717, 1.165) is 19.3 Å². The molecule has 18 heavy (non-hydrogen) atoms. The Morgan fingerprint density at radius 1 is 1.33 bits per heavy atom. The standard InChI is InChI=1S/C12H20FN3O2/c1-2-5-15-6-7-16(8-10(15)13)12(18)14-11(17)9-3-4-9/h9-10H,2-8H2,1H3,(H,14,17,18). The zero-order valence-electron chi connectivity index (χ0n) is 10.7. The van der Waals surface area contributed by atoms with Crippen molar-refractivity contribution < 1.29 is 14.0 Å². The predicted molar refractivity (Wildman–Crippen MR) is 64.6 cm³/mol. The van der Waals surface area contributed by atoms with Gasteiger partial charge in [0.1, 0.15) is 0 Å². The van der Waals surface area contributed by atoms with Crippen molar-refractivity contribution in [1.82, 2.24) is 15.1 Å². The highest BCUT2D eigenvalue weighted by atomic mass is 19.1. The zero-order valence-corrected chi connectivity index (χ0v) is 10.7. The molecule has 1 aliphatic carbocycles. The van der Waals surface area contributed by atoms with Crippen molar-refractivity contribution >= 4 is 11.9 Å². The fourth-order valence-corrected chi connectivity index (χ4v) is 2.13. The van der Waals surface area contributed by atoms with Gasteiger partial charge < -0.3 is 4.90 Å². The molecule has 1 atom stereocenters. The molecular formula is C12H20FN3O2. The zero-order chi connectivity index (χ0) is 13.1. The van der Waals surface area contributed by atoms with Crippen LogP contribution in [-0.4, -0.2) is 54.2 Å². The van der Waals surface area contributed by atoms with Crippen molar-refractivity contribution in [1.29, 1.82) is 0 Å². The van der Waals surface area contributed by atoms with E-state index in [1.807, 2.05) is 6.92 Å². The smallest absolute Gasteiger partial charge is 0.319 e. The average molecular weight is 257 g/mol. The highest BCUT2D eigenvalue weighted by Crippen LogP contribution is 2.28. The van der Waals surface area contributed by atoms with E-state index >= 15 is 0 Å². The number of rotatable bonds is 3. The molecule has 0 aromatic heterocycles. The molecule has 2 fully saturated rings. The Hall–Kier alpha value is -1.17. The van der Waals surface area contributed by atoms with Gasteiger partial charge in [-0.25, -0.2) is 9.18 Å². The summed E-state index contributed by atoms with van der Waals surface area (Å²) in [6.45, 7) is 3.76. The molecule has 1 N–H and O–H groups in total. The summed E-state index contributed by atoms with van der Waals surface area (Å²) < 4.78 is 13.8. The normalized spacial score (nSPS) is 25.0. The van der Waals surface area contributed by atoms with E-state index in [2.05, 4.69) is 5.32 Å². The summed E-state index contributed by atoms with van der Waals surface area (Å²) in [6.07, 6.45) is 1.48. The summed E-state index contributed by atoms with van der Waals surface area (Å²) in [4.78, 5) is 26.3. The van der Waals surface area contributed by atoms with Crippen molar-refractivity contribution in [2.75, 3.05) is 26.2 Å². The summed E-state index contributed by atoms with van der Waals surface area (Å²) in [5.41, 5.74) is 0. The summed E-state index contributed by atoms with van der Waals surface area (Å²) in [7, 11) is 0. The summed E-state index contributed by atoms with van der Waals surface area (Å²) in [6, 6.07) is -0.453. The van der Waals surface area contributed by atoms with Crippen LogP contribution in [0.1, 0.15) is 26.2 Å². The van der Waals surface area contributed by atoms with E-state index in [9.17, 15) is 14.0 Å². The van der Waals surface area contributed by atoms with Crippen LogP contribution >= 0.6 is 0 Å². The first-order valence-electron chi connectivity index (χ1n) is 6.59. The molecule has 0 bridgehead atoms. The summed E-state index contributed by atoms with van der Waals surface area (Å²) >= 11 is 0. The maximum Gasteiger partial charge on any atom is 0.324 e. The molecule has 1 unspecified atom stereocenters. The van der Waals surface area contributed by atoms with E-state index < -0.39 is 12.3 Å². The maximum absolute atomic E-state index is 13.8. The number of carbonyl (C=O) groups excluding carboxylic acids is 2. The van der Waals surface area contributed by atoms with Gasteiger partial charge in [0.2, 0.25) is 5.91 Å². The minimum atomic E-state index is -1.12. The topological polar surface area (TPSA) is 52.6 Å². The number of amides is 3. The number of nitrogens with one attached hydrogen (secondary N) is 1. The van der Waals surface area contributed by atoms with Crippen LogP contribution in [0.5, 0.6) is 0 Å². The highest BCUT2D eigenvalue weighted by Gasteiger charge is 2.34. The number of piperazine rings is 1. The highest BCUT2D eigenvalue weighted by molar-refractivity contribution is 5.96. The van der Waals surface area contributed by atoms with Gasteiger partial charge in [-0.05, 0) is 19.3 Å².